The molecule has 13 heavy (non-hydrogen) atoms. The monoisotopic (exact) mass is 186 g/mol. The molecule has 0 rings (SSSR count). The van der Waals surface area contributed by atoms with Crippen LogP contribution in [0.2, 0.25) is 0 Å². The van der Waals surface area contributed by atoms with E-state index in [1.807, 2.05) is 0 Å². The normalized spacial score (nSPS) is 11.1. The van der Waals surface area contributed by atoms with Crippen molar-refractivity contribution in [3.8, 4) is 0 Å². The second kappa shape index (κ2) is 4.97. The van der Waals surface area contributed by atoms with Crippen molar-refractivity contribution < 1.29 is 9.59 Å². The summed E-state index contributed by atoms with van der Waals surface area (Å²) in [6.45, 7) is 6.22. The molecular formula is C9H18N2O2. The largest absolute Gasteiger partial charge is 0.354 e. The number of nitrogens with two attached hydrogens (primary N) is 1. The Bertz CT molecular complexity index is 194. The maximum atomic E-state index is 11.3. The van der Waals surface area contributed by atoms with Gasteiger partial charge in [0.05, 0.1) is 6.42 Å². The van der Waals surface area contributed by atoms with Crippen LogP contribution in [0.15, 0.2) is 0 Å². The van der Waals surface area contributed by atoms with E-state index in [0.717, 1.165) is 0 Å². The van der Waals surface area contributed by atoms with E-state index in [1.54, 1.807) is 20.8 Å². The molecule has 0 bridgehead atoms. The van der Waals surface area contributed by atoms with Crippen molar-refractivity contribution in [3.05, 3.63) is 0 Å². The molecule has 0 saturated heterocycles. The highest BCUT2D eigenvalue weighted by atomic mass is 16.2. The Morgan fingerprint density at radius 1 is 1.31 bits per heavy atom. The number of hydrogen-bond donors (Lipinski definition) is 2. The summed E-state index contributed by atoms with van der Waals surface area (Å²) >= 11 is 0. The molecule has 0 aliphatic carbocycles. The smallest absolute Gasteiger partial charge is 0.227 e. The van der Waals surface area contributed by atoms with E-state index < -0.39 is 5.41 Å². The predicted octanol–water partition coefficient (Wildman–Crippen LogP) is 0.0666. The molecule has 0 aromatic heterocycles. The molecule has 0 saturated carbocycles. The average Bonchev–Trinajstić information content (AvgIpc) is 1.99. The first-order chi connectivity index (χ1) is 5.88. The third kappa shape index (κ3) is 5.36. The second-order valence-corrected chi connectivity index (χ2v) is 3.99. The minimum atomic E-state index is -0.444. The minimum Gasteiger partial charge on any atom is -0.354 e. The zero-order valence-corrected chi connectivity index (χ0v) is 8.52. The molecule has 0 atom stereocenters. The standard InChI is InChI=1S/C9H18N2O2/c1-9(2,3)7(12)6-8(13)11-5-4-10/h4-6,10H2,1-3H3,(H,11,13). The van der Waals surface area contributed by atoms with E-state index in [2.05, 4.69) is 5.32 Å². The van der Waals surface area contributed by atoms with Crippen LogP contribution in [0.25, 0.3) is 0 Å². The molecule has 0 aromatic carbocycles. The highest BCUT2D eigenvalue weighted by Gasteiger charge is 2.23. The molecular weight excluding hydrogens is 168 g/mol. The first-order valence-electron chi connectivity index (χ1n) is 4.38. The highest BCUT2D eigenvalue weighted by Crippen LogP contribution is 2.16. The molecule has 3 N–H and O–H groups in total. The van der Waals surface area contributed by atoms with Crippen molar-refractivity contribution in [2.45, 2.75) is 27.2 Å². The summed E-state index contributed by atoms with van der Waals surface area (Å²) in [7, 11) is 0. The number of carbonyl (C=O) groups is 2. The number of ketones is 1. The van der Waals surface area contributed by atoms with Crippen LogP contribution in [-0.2, 0) is 9.59 Å². The lowest BCUT2D eigenvalue weighted by Gasteiger charge is -2.15. The number of rotatable bonds is 4. The summed E-state index contributed by atoms with van der Waals surface area (Å²) in [5, 5.41) is 2.55. The minimum absolute atomic E-state index is 0.0521. The summed E-state index contributed by atoms with van der Waals surface area (Å²) in [5.74, 6) is -0.299. The van der Waals surface area contributed by atoms with E-state index in [0.29, 0.717) is 13.1 Å². The van der Waals surface area contributed by atoms with Crippen LogP contribution in [0.4, 0.5) is 0 Å². The summed E-state index contributed by atoms with van der Waals surface area (Å²) in [6, 6.07) is 0. The Balaban J connectivity index is 3.86. The molecule has 0 aliphatic heterocycles. The molecule has 0 heterocycles. The van der Waals surface area contributed by atoms with Gasteiger partial charge in [-0.25, -0.2) is 0 Å². The van der Waals surface area contributed by atoms with Gasteiger partial charge in [0.2, 0.25) is 5.91 Å². The van der Waals surface area contributed by atoms with E-state index in [4.69, 9.17) is 5.73 Å². The molecule has 4 heteroatoms. The van der Waals surface area contributed by atoms with Crippen LogP contribution < -0.4 is 11.1 Å². The fourth-order valence-corrected chi connectivity index (χ4v) is 0.685. The van der Waals surface area contributed by atoms with Gasteiger partial charge in [0.25, 0.3) is 0 Å². The predicted molar refractivity (Wildman–Crippen MR) is 51.1 cm³/mol. The topological polar surface area (TPSA) is 72.2 Å². The van der Waals surface area contributed by atoms with Gasteiger partial charge in [-0.2, -0.15) is 0 Å². The Labute approximate surface area is 78.9 Å². The van der Waals surface area contributed by atoms with Gasteiger partial charge in [-0.15, -0.1) is 0 Å². The van der Waals surface area contributed by atoms with Gasteiger partial charge in [-0.05, 0) is 0 Å². The van der Waals surface area contributed by atoms with Gasteiger partial charge in [0, 0.05) is 18.5 Å². The molecule has 0 radical (unpaired) electrons. The summed E-state index contributed by atoms with van der Waals surface area (Å²) in [4.78, 5) is 22.4. The van der Waals surface area contributed by atoms with Crippen LogP contribution in [-0.4, -0.2) is 24.8 Å². The molecule has 1 amide bonds. The van der Waals surface area contributed by atoms with Gasteiger partial charge in [0.15, 0.2) is 0 Å². The number of carbonyl (C=O) groups excluding carboxylic acids is 2. The lowest BCUT2D eigenvalue weighted by Crippen LogP contribution is -2.33. The van der Waals surface area contributed by atoms with Crippen molar-refractivity contribution in [2.75, 3.05) is 13.1 Å². The number of amides is 1. The van der Waals surface area contributed by atoms with Gasteiger partial charge >= 0.3 is 0 Å². The molecule has 4 nitrogen and oxygen atoms in total. The lowest BCUT2D eigenvalue weighted by molar-refractivity contribution is -0.132. The Morgan fingerprint density at radius 3 is 2.23 bits per heavy atom. The quantitative estimate of drug-likeness (QED) is 0.610. The van der Waals surface area contributed by atoms with Crippen molar-refractivity contribution in [1.82, 2.24) is 5.32 Å². The van der Waals surface area contributed by atoms with Gasteiger partial charge in [0.1, 0.15) is 5.78 Å². The third-order valence-electron chi connectivity index (χ3n) is 1.62. The molecule has 0 spiro atoms. The van der Waals surface area contributed by atoms with E-state index in [9.17, 15) is 9.59 Å². The molecule has 0 aromatic rings. The van der Waals surface area contributed by atoms with E-state index in [1.165, 1.54) is 0 Å². The fraction of sp³-hybridized carbons (Fsp3) is 0.778. The maximum Gasteiger partial charge on any atom is 0.227 e. The zero-order chi connectivity index (χ0) is 10.5. The molecule has 0 aliphatic rings. The second-order valence-electron chi connectivity index (χ2n) is 3.99. The Morgan fingerprint density at radius 2 is 1.85 bits per heavy atom. The van der Waals surface area contributed by atoms with Crippen LogP contribution in [0.3, 0.4) is 0 Å². The number of Topliss-reactive ketones (excluding diaryl/α,β-unsaturated/α-hetero) is 1. The third-order valence-corrected chi connectivity index (χ3v) is 1.62. The van der Waals surface area contributed by atoms with Gasteiger partial charge < -0.3 is 11.1 Å². The highest BCUT2D eigenvalue weighted by molar-refractivity contribution is 6.00. The lowest BCUT2D eigenvalue weighted by atomic mass is 9.89. The molecule has 0 unspecified atom stereocenters. The van der Waals surface area contributed by atoms with Crippen molar-refractivity contribution in [2.24, 2.45) is 11.1 Å². The molecule has 76 valence electrons. The van der Waals surface area contributed by atoms with E-state index >= 15 is 0 Å². The fourth-order valence-electron chi connectivity index (χ4n) is 0.685. The van der Waals surface area contributed by atoms with Gasteiger partial charge in [-0.3, -0.25) is 9.59 Å². The van der Waals surface area contributed by atoms with Crippen molar-refractivity contribution in [3.63, 3.8) is 0 Å². The average molecular weight is 186 g/mol. The van der Waals surface area contributed by atoms with E-state index in [-0.39, 0.29) is 18.1 Å². The summed E-state index contributed by atoms with van der Waals surface area (Å²) in [6.07, 6.45) is -0.0521. The number of hydrogen-bond acceptors (Lipinski definition) is 3. The van der Waals surface area contributed by atoms with Crippen LogP contribution in [0, 0.1) is 5.41 Å². The van der Waals surface area contributed by atoms with Crippen LogP contribution in [0.5, 0.6) is 0 Å². The summed E-state index contributed by atoms with van der Waals surface area (Å²) < 4.78 is 0. The first-order valence-corrected chi connectivity index (χ1v) is 4.38. The Hall–Kier alpha value is -0.900. The van der Waals surface area contributed by atoms with Crippen molar-refractivity contribution >= 4 is 11.7 Å². The first kappa shape index (κ1) is 12.1. The van der Waals surface area contributed by atoms with Crippen molar-refractivity contribution in [1.29, 1.82) is 0 Å². The Kier molecular flexibility index (Phi) is 4.62. The molecule has 0 fully saturated rings. The maximum absolute atomic E-state index is 11.3. The van der Waals surface area contributed by atoms with Gasteiger partial charge in [-0.1, -0.05) is 20.8 Å². The zero-order valence-electron chi connectivity index (χ0n) is 8.52. The summed E-state index contributed by atoms with van der Waals surface area (Å²) in [5.41, 5.74) is 4.75. The van der Waals surface area contributed by atoms with Crippen LogP contribution >= 0.6 is 0 Å². The van der Waals surface area contributed by atoms with Crippen LogP contribution in [0.1, 0.15) is 27.2 Å². The number of nitrogens with one attached hydrogen (secondary N) is 1. The SMILES string of the molecule is CC(C)(C)C(=O)CC(=O)NCCN.